The van der Waals surface area contributed by atoms with Gasteiger partial charge in [0.25, 0.3) is 5.69 Å². The van der Waals surface area contributed by atoms with E-state index < -0.39 is 4.92 Å². The van der Waals surface area contributed by atoms with Gasteiger partial charge in [-0.05, 0) is 30.9 Å². The smallest absolute Gasteiger partial charge is 0.288 e. The third kappa shape index (κ3) is 2.11. The number of nitro groups is 1. The molecule has 0 radical (unpaired) electrons. The van der Waals surface area contributed by atoms with Gasteiger partial charge in [0.1, 0.15) is 5.02 Å². The number of hydrogen-bond acceptors (Lipinski definition) is 3. The number of nitro benzene ring substituents is 1. The van der Waals surface area contributed by atoms with Crippen molar-refractivity contribution in [1.82, 2.24) is 0 Å². The topological polar surface area (TPSA) is 55.2 Å². The van der Waals surface area contributed by atoms with Crippen LogP contribution in [0.4, 0.5) is 11.4 Å². The summed E-state index contributed by atoms with van der Waals surface area (Å²) in [6.45, 7) is 4.01. The Morgan fingerprint density at radius 1 is 1.56 bits per heavy atom. The quantitative estimate of drug-likeness (QED) is 0.651. The fraction of sp³-hybridized carbons (Fsp3) is 0.455. The average molecular weight is 241 g/mol. The maximum atomic E-state index is 10.7. The number of hydrogen-bond donors (Lipinski definition) is 1. The van der Waals surface area contributed by atoms with E-state index in [2.05, 4.69) is 12.2 Å². The third-order valence-corrected chi connectivity index (χ3v) is 3.24. The molecule has 86 valence electrons. The van der Waals surface area contributed by atoms with Crippen molar-refractivity contribution in [2.24, 2.45) is 5.92 Å². The van der Waals surface area contributed by atoms with Crippen LogP contribution in [-0.2, 0) is 0 Å². The highest BCUT2D eigenvalue weighted by Crippen LogP contribution is 2.36. The van der Waals surface area contributed by atoms with Crippen LogP contribution in [0.25, 0.3) is 0 Å². The Labute approximate surface area is 98.8 Å². The van der Waals surface area contributed by atoms with Crippen LogP contribution >= 0.6 is 11.6 Å². The van der Waals surface area contributed by atoms with Gasteiger partial charge in [0.2, 0.25) is 0 Å². The van der Waals surface area contributed by atoms with Gasteiger partial charge < -0.3 is 5.32 Å². The monoisotopic (exact) mass is 240 g/mol. The molecular weight excluding hydrogens is 228 g/mol. The number of nitrogens with zero attached hydrogens (tertiary/aromatic N) is 1. The summed E-state index contributed by atoms with van der Waals surface area (Å²) in [5.41, 5.74) is 1.72. The van der Waals surface area contributed by atoms with Crippen molar-refractivity contribution in [3.05, 3.63) is 32.8 Å². The molecule has 1 aromatic rings. The molecule has 0 aliphatic heterocycles. The molecule has 0 bridgehead atoms. The van der Waals surface area contributed by atoms with Crippen LogP contribution in [0.3, 0.4) is 0 Å². The Bertz CT molecular complexity index is 448. The van der Waals surface area contributed by atoms with Crippen molar-refractivity contribution in [3.63, 3.8) is 0 Å². The number of halogens is 1. The molecule has 1 fully saturated rings. The molecule has 1 aliphatic carbocycles. The molecule has 2 atom stereocenters. The van der Waals surface area contributed by atoms with Crippen molar-refractivity contribution in [3.8, 4) is 0 Å². The van der Waals surface area contributed by atoms with Crippen LogP contribution in [0.2, 0.25) is 5.02 Å². The minimum Gasteiger partial charge on any atom is -0.382 e. The van der Waals surface area contributed by atoms with Gasteiger partial charge in [-0.3, -0.25) is 10.1 Å². The Kier molecular flexibility index (Phi) is 2.76. The Hall–Kier alpha value is -1.29. The van der Waals surface area contributed by atoms with E-state index in [-0.39, 0.29) is 10.7 Å². The molecule has 4 nitrogen and oxygen atoms in total. The highest BCUT2D eigenvalue weighted by Gasteiger charge is 2.32. The summed E-state index contributed by atoms with van der Waals surface area (Å²) in [4.78, 5) is 10.2. The predicted molar refractivity (Wildman–Crippen MR) is 64.0 cm³/mol. The maximum Gasteiger partial charge on any atom is 0.288 e. The maximum absolute atomic E-state index is 10.7. The summed E-state index contributed by atoms with van der Waals surface area (Å²) in [6.07, 6.45) is 1.15. The van der Waals surface area contributed by atoms with Gasteiger partial charge in [0.15, 0.2) is 0 Å². The molecule has 2 rings (SSSR count). The van der Waals surface area contributed by atoms with Gasteiger partial charge in [0, 0.05) is 17.8 Å². The lowest BCUT2D eigenvalue weighted by atomic mass is 10.1. The first kappa shape index (κ1) is 11.2. The first-order valence-corrected chi connectivity index (χ1v) is 5.58. The number of benzene rings is 1. The molecular formula is C11H13ClN2O2. The third-order valence-electron chi connectivity index (χ3n) is 2.94. The summed E-state index contributed by atoms with van der Waals surface area (Å²) < 4.78 is 0. The molecule has 1 saturated carbocycles. The second kappa shape index (κ2) is 3.94. The normalized spacial score (nSPS) is 22.9. The second-order valence-corrected chi connectivity index (χ2v) is 4.75. The first-order valence-electron chi connectivity index (χ1n) is 5.20. The van der Waals surface area contributed by atoms with E-state index >= 15 is 0 Å². The number of anilines is 1. The fourth-order valence-corrected chi connectivity index (χ4v) is 1.92. The van der Waals surface area contributed by atoms with Crippen LogP contribution in [0.15, 0.2) is 12.1 Å². The highest BCUT2D eigenvalue weighted by atomic mass is 35.5. The lowest BCUT2D eigenvalue weighted by Crippen LogP contribution is -2.05. The Morgan fingerprint density at radius 2 is 2.19 bits per heavy atom. The van der Waals surface area contributed by atoms with Crippen LogP contribution in [-0.4, -0.2) is 11.0 Å². The number of aryl methyl sites for hydroxylation is 1. The second-order valence-electron chi connectivity index (χ2n) is 4.34. The summed E-state index contributed by atoms with van der Waals surface area (Å²) >= 11 is 5.85. The van der Waals surface area contributed by atoms with Crippen molar-refractivity contribution in [2.75, 3.05) is 5.32 Å². The molecule has 1 aliphatic rings. The molecule has 1 aromatic carbocycles. The zero-order valence-corrected chi connectivity index (χ0v) is 9.91. The average Bonchev–Trinajstić information content (AvgIpc) is 2.87. The van der Waals surface area contributed by atoms with Crippen molar-refractivity contribution in [1.29, 1.82) is 0 Å². The lowest BCUT2D eigenvalue weighted by Gasteiger charge is -2.09. The van der Waals surface area contributed by atoms with Crippen LogP contribution in [0.1, 0.15) is 18.9 Å². The van der Waals surface area contributed by atoms with Crippen molar-refractivity contribution < 1.29 is 4.92 Å². The molecule has 5 heteroatoms. The van der Waals surface area contributed by atoms with E-state index in [4.69, 9.17) is 11.6 Å². The molecule has 16 heavy (non-hydrogen) atoms. The van der Waals surface area contributed by atoms with Crippen LogP contribution in [0, 0.1) is 23.0 Å². The highest BCUT2D eigenvalue weighted by molar-refractivity contribution is 6.33. The summed E-state index contributed by atoms with van der Waals surface area (Å²) in [5.74, 6) is 0.674. The Morgan fingerprint density at radius 3 is 2.69 bits per heavy atom. The molecule has 1 N–H and O–H groups in total. The van der Waals surface area contributed by atoms with Gasteiger partial charge in [-0.1, -0.05) is 18.5 Å². The molecule has 0 amide bonds. The van der Waals surface area contributed by atoms with E-state index in [0.717, 1.165) is 17.7 Å². The van der Waals surface area contributed by atoms with Gasteiger partial charge >= 0.3 is 0 Å². The van der Waals surface area contributed by atoms with E-state index in [1.807, 2.05) is 6.92 Å². The molecule has 2 unspecified atom stereocenters. The first-order chi connectivity index (χ1) is 7.49. The van der Waals surface area contributed by atoms with Gasteiger partial charge in [-0.15, -0.1) is 0 Å². The summed E-state index contributed by atoms with van der Waals surface area (Å²) in [7, 11) is 0. The van der Waals surface area contributed by atoms with Crippen molar-refractivity contribution >= 4 is 23.0 Å². The molecule has 0 heterocycles. The standard InChI is InChI=1S/C11H13ClN2O2/c1-6-3-9(6)13-10-5-8(12)11(14(15)16)4-7(10)2/h4-6,9,13H,3H2,1-2H3. The summed E-state index contributed by atoms with van der Waals surface area (Å²) in [6, 6.07) is 3.63. The largest absolute Gasteiger partial charge is 0.382 e. The van der Waals surface area contributed by atoms with Crippen LogP contribution in [0.5, 0.6) is 0 Å². The SMILES string of the molecule is Cc1cc([N+](=O)[O-])c(Cl)cc1NC1CC1C. The van der Waals surface area contributed by atoms with E-state index in [9.17, 15) is 10.1 Å². The lowest BCUT2D eigenvalue weighted by molar-refractivity contribution is -0.384. The van der Waals surface area contributed by atoms with Gasteiger partial charge in [0.05, 0.1) is 4.92 Å². The predicted octanol–water partition coefficient (Wildman–Crippen LogP) is 3.38. The molecule has 0 aromatic heterocycles. The minimum absolute atomic E-state index is 0.0337. The molecule has 0 spiro atoms. The van der Waals surface area contributed by atoms with E-state index in [1.54, 1.807) is 6.07 Å². The van der Waals surface area contributed by atoms with Gasteiger partial charge in [-0.25, -0.2) is 0 Å². The molecule has 0 saturated heterocycles. The zero-order chi connectivity index (χ0) is 11.9. The van der Waals surface area contributed by atoms with E-state index in [0.29, 0.717) is 12.0 Å². The van der Waals surface area contributed by atoms with Crippen molar-refractivity contribution in [2.45, 2.75) is 26.3 Å². The fourth-order valence-electron chi connectivity index (χ4n) is 1.68. The Balaban J connectivity index is 2.26. The van der Waals surface area contributed by atoms with E-state index in [1.165, 1.54) is 6.07 Å². The number of rotatable bonds is 3. The van der Waals surface area contributed by atoms with Gasteiger partial charge in [-0.2, -0.15) is 0 Å². The zero-order valence-electron chi connectivity index (χ0n) is 9.16. The van der Waals surface area contributed by atoms with Crippen LogP contribution < -0.4 is 5.32 Å². The number of nitrogens with one attached hydrogen (secondary N) is 1. The minimum atomic E-state index is -0.459. The summed E-state index contributed by atoms with van der Waals surface area (Å²) in [5, 5.41) is 14.2.